The van der Waals surface area contributed by atoms with Crippen LogP contribution in [0.2, 0.25) is 0 Å². The van der Waals surface area contributed by atoms with Gasteiger partial charge in [0.05, 0.1) is 11.5 Å². The fourth-order valence-corrected chi connectivity index (χ4v) is 0.909. The van der Waals surface area contributed by atoms with Gasteiger partial charge in [-0.25, -0.2) is 0 Å². The number of carbonyl (C=O) groups is 1. The van der Waals surface area contributed by atoms with Gasteiger partial charge in [0.15, 0.2) is 0 Å². The van der Waals surface area contributed by atoms with Gasteiger partial charge in [0.2, 0.25) is 5.91 Å². The molecule has 0 aliphatic rings. The first-order valence-electron chi connectivity index (χ1n) is 3.88. The van der Waals surface area contributed by atoms with Gasteiger partial charge >= 0.3 is 0 Å². The molecule has 0 radical (unpaired) electrons. The highest BCUT2D eigenvalue weighted by molar-refractivity contribution is 5.92. The van der Waals surface area contributed by atoms with E-state index >= 15 is 0 Å². The van der Waals surface area contributed by atoms with Crippen LogP contribution in [0, 0.1) is 10.1 Å². The summed E-state index contributed by atoms with van der Waals surface area (Å²) in [5.41, 5.74) is 5.37. The Morgan fingerprint density at radius 3 is 2.86 bits per heavy atom. The lowest BCUT2D eigenvalue weighted by Gasteiger charge is -2.01. The Morgan fingerprint density at radius 2 is 2.29 bits per heavy atom. The highest BCUT2D eigenvalue weighted by Gasteiger charge is 2.06. The zero-order valence-electron chi connectivity index (χ0n) is 7.27. The Labute approximate surface area is 79.9 Å². The molecule has 0 saturated heterocycles. The molecule has 1 aromatic rings. The van der Waals surface area contributed by atoms with E-state index in [2.05, 4.69) is 5.32 Å². The summed E-state index contributed by atoms with van der Waals surface area (Å²) in [6, 6.07) is 5.66. The maximum absolute atomic E-state index is 10.9. The average molecular weight is 195 g/mol. The molecule has 0 bridgehead atoms. The normalized spacial score (nSPS) is 9.50. The van der Waals surface area contributed by atoms with Crippen LogP contribution in [0.4, 0.5) is 11.4 Å². The van der Waals surface area contributed by atoms with Gasteiger partial charge in [0.1, 0.15) is 0 Å². The Hall–Kier alpha value is -1.95. The molecular weight excluding hydrogens is 186 g/mol. The largest absolute Gasteiger partial charge is 0.325 e. The van der Waals surface area contributed by atoms with E-state index in [1.165, 1.54) is 18.2 Å². The van der Waals surface area contributed by atoms with E-state index < -0.39 is 4.92 Å². The second kappa shape index (κ2) is 4.33. The first-order valence-corrected chi connectivity index (χ1v) is 3.88. The van der Waals surface area contributed by atoms with Gasteiger partial charge < -0.3 is 11.1 Å². The van der Waals surface area contributed by atoms with Crippen LogP contribution in [0.5, 0.6) is 0 Å². The van der Waals surface area contributed by atoms with Crippen LogP contribution in [-0.2, 0) is 4.79 Å². The zero-order chi connectivity index (χ0) is 10.6. The van der Waals surface area contributed by atoms with Crippen LogP contribution in [0.3, 0.4) is 0 Å². The lowest BCUT2D eigenvalue weighted by Crippen LogP contribution is -2.21. The van der Waals surface area contributed by atoms with E-state index in [0.29, 0.717) is 5.69 Å². The van der Waals surface area contributed by atoms with Crippen molar-refractivity contribution in [2.24, 2.45) is 5.73 Å². The topological polar surface area (TPSA) is 98.3 Å². The second-order valence-corrected chi connectivity index (χ2v) is 2.56. The SMILES string of the molecule is NCC(=O)Nc1cccc([N+](=O)[O-])c1. The quantitative estimate of drug-likeness (QED) is 0.541. The molecule has 0 aliphatic heterocycles. The van der Waals surface area contributed by atoms with Crippen LogP contribution in [0.1, 0.15) is 0 Å². The third kappa shape index (κ3) is 2.53. The maximum Gasteiger partial charge on any atom is 0.271 e. The van der Waals surface area contributed by atoms with Gasteiger partial charge in [-0.1, -0.05) is 6.07 Å². The molecule has 74 valence electrons. The number of non-ortho nitro benzene ring substituents is 1. The molecular formula is C8H9N3O3. The summed E-state index contributed by atoms with van der Waals surface area (Å²) in [6.45, 7) is -0.150. The van der Waals surface area contributed by atoms with Gasteiger partial charge in [-0.3, -0.25) is 14.9 Å². The van der Waals surface area contributed by atoms with Crippen molar-refractivity contribution in [2.75, 3.05) is 11.9 Å². The first kappa shape index (κ1) is 10.1. The molecule has 0 aliphatic carbocycles. The fourth-order valence-electron chi connectivity index (χ4n) is 0.909. The number of benzene rings is 1. The monoisotopic (exact) mass is 195 g/mol. The Balaban J connectivity index is 2.83. The molecule has 14 heavy (non-hydrogen) atoms. The summed E-state index contributed by atoms with van der Waals surface area (Å²) < 4.78 is 0. The standard InChI is InChI=1S/C8H9N3O3/c9-5-8(12)10-6-2-1-3-7(4-6)11(13)14/h1-4H,5,9H2,(H,10,12). The fraction of sp³-hybridized carbons (Fsp3) is 0.125. The summed E-state index contributed by atoms with van der Waals surface area (Å²) in [4.78, 5) is 20.7. The van der Waals surface area contributed by atoms with Crippen molar-refractivity contribution in [3.63, 3.8) is 0 Å². The molecule has 0 spiro atoms. The lowest BCUT2D eigenvalue weighted by atomic mass is 10.3. The summed E-state index contributed by atoms with van der Waals surface area (Å²) in [6.07, 6.45) is 0. The van der Waals surface area contributed by atoms with Crippen molar-refractivity contribution >= 4 is 17.3 Å². The van der Waals surface area contributed by atoms with Gasteiger partial charge in [-0.2, -0.15) is 0 Å². The zero-order valence-corrected chi connectivity index (χ0v) is 7.27. The minimum absolute atomic E-state index is 0.0696. The number of nitro benzene ring substituents is 1. The van der Waals surface area contributed by atoms with Crippen molar-refractivity contribution < 1.29 is 9.72 Å². The number of nitrogens with zero attached hydrogens (tertiary/aromatic N) is 1. The number of nitro groups is 1. The van der Waals surface area contributed by atoms with Gasteiger partial charge in [-0.05, 0) is 6.07 Å². The molecule has 6 nitrogen and oxygen atoms in total. The van der Waals surface area contributed by atoms with Crippen molar-refractivity contribution in [1.82, 2.24) is 0 Å². The summed E-state index contributed by atoms with van der Waals surface area (Å²) in [5.74, 6) is -0.384. The van der Waals surface area contributed by atoms with E-state index in [9.17, 15) is 14.9 Å². The molecule has 0 atom stereocenters. The molecule has 1 aromatic carbocycles. The molecule has 1 amide bonds. The molecule has 0 heterocycles. The highest BCUT2D eigenvalue weighted by Crippen LogP contribution is 2.16. The van der Waals surface area contributed by atoms with Crippen molar-refractivity contribution in [3.8, 4) is 0 Å². The van der Waals surface area contributed by atoms with E-state index in [4.69, 9.17) is 5.73 Å². The number of amides is 1. The van der Waals surface area contributed by atoms with Gasteiger partial charge in [0.25, 0.3) is 5.69 Å². The average Bonchev–Trinajstić information content (AvgIpc) is 2.18. The highest BCUT2D eigenvalue weighted by atomic mass is 16.6. The summed E-state index contributed by atoms with van der Waals surface area (Å²) in [5, 5.41) is 12.8. The summed E-state index contributed by atoms with van der Waals surface area (Å²) >= 11 is 0. The third-order valence-corrected chi connectivity index (χ3v) is 1.53. The molecule has 6 heteroatoms. The van der Waals surface area contributed by atoms with E-state index in [1.807, 2.05) is 0 Å². The molecule has 0 saturated carbocycles. The van der Waals surface area contributed by atoms with Gasteiger partial charge in [0, 0.05) is 17.8 Å². The maximum atomic E-state index is 10.9. The van der Waals surface area contributed by atoms with E-state index in [0.717, 1.165) is 0 Å². The molecule has 0 fully saturated rings. The Kier molecular flexibility index (Phi) is 3.14. The Bertz CT molecular complexity index is 365. The van der Waals surface area contributed by atoms with Crippen LogP contribution in [-0.4, -0.2) is 17.4 Å². The first-order chi connectivity index (χ1) is 6.63. The number of carbonyl (C=O) groups excluding carboxylic acids is 1. The molecule has 0 unspecified atom stereocenters. The van der Waals surface area contributed by atoms with Crippen LogP contribution >= 0.6 is 0 Å². The molecule has 0 aromatic heterocycles. The third-order valence-electron chi connectivity index (χ3n) is 1.53. The van der Waals surface area contributed by atoms with Crippen molar-refractivity contribution in [2.45, 2.75) is 0 Å². The minimum Gasteiger partial charge on any atom is -0.325 e. The second-order valence-electron chi connectivity index (χ2n) is 2.56. The molecule has 3 N–H and O–H groups in total. The number of hydrogen-bond donors (Lipinski definition) is 2. The predicted octanol–water partition coefficient (Wildman–Crippen LogP) is 0.492. The van der Waals surface area contributed by atoms with Crippen LogP contribution < -0.4 is 11.1 Å². The van der Waals surface area contributed by atoms with Crippen LogP contribution in [0.15, 0.2) is 24.3 Å². The lowest BCUT2D eigenvalue weighted by molar-refractivity contribution is -0.384. The van der Waals surface area contributed by atoms with E-state index in [-0.39, 0.29) is 18.1 Å². The number of anilines is 1. The van der Waals surface area contributed by atoms with Gasteiger partial charge in [-0.15, -0.1) is 0 Å². The Morgan fingerprint density at radius 1 is 1.57 bits per heavy atom. The summed E-state index contributed by atoms with van der Waals surface area (Å²) in [7, 11) is 0. The van der Waals surface area contributed by atoms with Crippen molar-refractivity contribution in [1.29, 1.82) is 0 Å². The smallest absolute Gasteiger partial charge is 0.271 e. The number of rotatable bonds is 3. The van der Waals surface area contributed by atoms with Crippen molar-refractivity contribution in [3.05, 3.63) is 34.4 Å². The minimum atomic E-state index is -0.530. The van der Waals surface area contributed by atoms with E-state index in [1.54, 1.807) is 6.07 Å². The number of nitrogens with two attached hydrogens (primary N) is 1. The molecule has 1 rings (SSSR count). The van der Waals surface area contributed by atoms with Crippen LogP contribution in [0.25, 0.3) is 0 Å². The number of nitrogens with one attached hydrogen (secondary N) is 1. The number of hydrogen-bond acceptors (Lipinski definition) is 4. The predicted molar refractivity (Wildman–Crippen MR) is 50.8 cm³/mol.